The fraction of sp³-hybridized carbons (Fsp3) is 0.286. The van der Waals surface area contributed by atoms with Crippen LogP contribution < -0.4 is 0 Å². The number of hydrogen-bond acceptors (Lipinski definition) is 3. The third kappa shape index (κ3) is 2.42. The van der Waals surface area contributed by atoms with Gasteiger partial charge < -0.3 is 4.74 Å². The zero-order valence-electron chi connectivity index (χ0n) is 10.2. The molecule has 1 atom stereocenters. The maximum Gasteiger partial charge on any atom is 0.417 e. The Labute approximate surface area is 106 Å². The van der Waals surface area contributed by atoms with Gasteiger partial charge in [0.1, 0.15) is 12.6 Å². The van der Waals surface area contributed by atoms with Crippen LogP contribution in [0.1, 0.15) is 24.9 Å². The van der Waals surface area contributed by atoms with Crippen LogP contribution in [0.5, 0.6) is 0 Å². The molecule has 0 N–H and O–H groups in total. The molecule has 0 saturated carbocycles. The molecule has 1 aliphatic heterocycles. The minimum atomic E-state index is -0.574. The molecule has 1 aromatic rings. The number of hydrogen-bond donors (Lipinski definition) is 0. The number of carbonyl (C=O) groups excluding carboxylic acids is 2. The molecule has 94 valence electrons. The van der Waals surface area contributed by atoms with Crippen molar-refractivity contribution in [1.29, 1.82) is 0 Å². The van der Waals surface area contributed by atoms with Crippen LogP contribution in [-0.2, 0) is 9.53 Å². The zero-order chi connectivity index (χ0) is 13.0. The fourth-order valence-electron chi connectivity index (χ4n) is 1.88. The second kappa shape index (κ2) is 5.49. The topological polar surface area (TPSA) is 46.6 Å². The average molecular weight is 245 g/mol. The maximum atomic E-state index is 11.9. The third-order valence-corrected chi connectivity index (χ3v) is 2.79. The summed E-state index contributed by atoms with van der Waals surface area (Å²) in [5.74, 6) is -0.326. The minimum absolute atomic E-state index is 0.217. The summed E-state index contributed by atoms with van der Waals surface area (Å²) in [6, 6.07) is 9.09. The van der Waals surface area contributed by atoms with Crippen LogP contribution in [0.3, 0.4) is 0 Å². The third-order valence-electron chi connectivity index (χ3n) is 2.79. The highest BCUT2D eigenvalue weighted by atomic mass is 16.6. The number of cyclic esters (lactones) is 1. The van der Waals surface area contributed by atoms with E-state index in [4.69, 9.17) is 4.74 Å². The van der Waals surface area contributed by atoms with E-state index in [1.54, 1.807) is 6.08 Å². The van der Waals surface area contributed by atoms with Gasteiger partial charge in [0, 0.05) is 0 Å². The van der Waals surface area contributed by atoms with Crippen molar-refractivity contribution in [3.8, 4) is 0 Å². The second-order valence-electron chi connectivity index (χ2n) is 4.02. The van der Waals surface area contributed by atoms with Crippen LogP contribution in [0.4, 0.5) is 4.79 Å². The van der Waals surface area contributed by atoms with E-state index < -0.39 is 6.09 Å². The molecule has 1 heterocycles. The Kier molecular flexibility index (Phi) is 3.77. The van der Waals surface area contributed by atoms with Crippen molar-refractivity contribution in [2.75, 3.05) is 6.61 Å². The quantitative estimate of drug-likeness (QED) is 0.769. The average Bonchev–Trinajstić information content (AvgIpc) is 2.79. The number of rotatable bonds is 3. The molecular weight excluding hydrogens is 230 g/mol. The standard InChI is InChI=1S/C14H15NO3/c1-2-3-9-13(16)15-12(10-18-14(15)17)11-7-5-4-6-8-11/h3-9,12H,2,10H2,1H3/b9-3+. The molecule has 1 aliphatic rings. The fourth-order valence-corrected chi connectivity index (χ4v) is 1.88. The van der Waals surface area contributed by atoms with Gasteiger partial charge in [-0.25, -0.2) is 9.69 Å². The normalized spacial score (nSPS) is 19.3. The maximum absolute atomic E-state index is 11.9. The molecular formula is C14H15NO3. The molecule has 1 aromatic carbocycles. The van der Waals surface area contributed by atoms with Gasteiger partial charge in [0.05, 0.1) is 0 Å². The molecule has 1 unspecified atom stereocenters. The van der Waals surface area contributed by atoms with Gasteiger partial charge in [-0.15, -0.1) is 0 Å². The van der Waals surface area contributed by atoms with Gasteiger partial charge in [-0.2, -0.15) is 0 Å². The van der Waals surface area contributed by atoms with Gasteiger partial charge in [-0.1, -0.05) is 43.3 Å². The number of ether oxygens (including phenoxy) is 1. The van der Waals surface area contributed by atoms with Crippen LogP contribution in [0.25, 0.3) is 0 Å². The summed E-state index contributed by atoms with van der Waals surface area (Å²) < 4.78 is 4.97. The summed E-state index contributed by atoms with van der Waals surface area (Å²) in [7, 11) is 0. The summed E-state index contributed by atoms with van der Waals surface area (Å²) in [5.41, 5.74) is 0.904. The van der Waals surface area contributed by atoms with Gasteiger partial charge >= 0.3 is 6.09 Å². The molecule has 4 nitrogen and oxygen atoms in total. The SMILES string of the molecule is CC/C=C/C(=O)N1C(=O)OCC1c1ccccc1. The molecule has 18 heavy (non-hydrogen) atoms. The van der Waals surface area contributed by atoms with Crippen molar-refractivity contribution in [2.45, 2.75) is 19.4 Å². The van der Waals surface area contributed by atoms with Crippen molar-refractivity contribution in [1.82, 2.24) is 4.90 Å². The van der Waals surface area contributed by atoms with E-state index in [-0.39, 0.29) is 18.6 Å². The van der Waals surface area contributed by atoms with E-state index >= 15 is 0 Å². The Morgan fingerprint density at radius 1 is 1.44 bits per heavy atom. The highest BCUT2D eigenvalue weighted by Gasteiger charge is 2.37. The van der Waals surface area contributed by atoms with E-state index in [1.807, 2.05) is 37.3 Å². The molecule has 2 amide bonds. The predicted molar refractivity (Wildman–Crippen MR) is 66.8 cm³/mol. The second-order valence-corrected chi connectivity index (χ2v) is 4.02. The molecule has 4 heteroatoms. The van der Waals surface area contributed by atoms with Gasteiger partial charge in [0.2, 0.25) is 0 Å². The first kappa shape index (κ1) is 12.4. The van der Waals surface area contributed by atoms with E-state index in [0.29, 0.717) is 0 Å². The lowest BCUT2D eigenvalue weighted by Gasteiger charge is -2.18. The van der Waals surface area contributed by atoms with Crippen molar-refractivity contribution in [3.63, 3.8) is 0 Å². The number of imide groups is 1. The molecule has 0 spiro atoms. The van der Waals surface area contributed by atoms with Crippen molar-refractivity contribution >= 4 is 12.0 Å². The Balaban J connectivity index is 2.23. The lowest BCUT2D eigenvalue weighted by atomic mass is 10.1. The molecule has 0 radical (unpaired) electrons. The Morgan fingerprint density at radius 2 is 2.17 bits per heavy atom. The first-order valence-electron chi connectivity index (χ1n) is 5.95. The highest BCUT2D eigenvalue weighted by molar-refractivity contribution is 5.99. The van der Waals surface area contributed by atoms with Crippen molar-refractivity contribution in [2.24, 2.45) is 0 Å². The zero-order valence-corrected chi connectivity index (χ0v) is 10.2. The van der Waals surface area contributed by atoms with E-state index in [1.165, 1.54) is 11.0 Å². The summed E-state index contributed by atoms with van der Waals surface area (Å²) in [6.07, 6.45) is 3.33. The summed E-state index contributed by atoms with van der Waals surface area (Å²) in [6.45, 7) is 2.15. The lowest BCUT2D eigenvalue weighted by molar-refractivity contribution is -0.124. The van der Waals surface area contributed by atoms with Crippen molar-refractivity contribution < 1.29 is 14.3 Å². The number of nitrogens with zero attached hydrogens (tertiary/aromatic N) is 1. The van der Waals surface area contributed by atoms with Crippen LogP contribution >= 0.6 is 0 Å². The smallest absolute Gasteiger partial charge is 0.417 e. The number of benzene rings is 1. The first-order chi connectivity index (χ1) is 8.74. The first-order valence-corrected chi connectivity index (χ1v) is 5.95. The molecule has 0 bridgehead atoms. The van der Waals surface area contributed by atoms with Crippen LogP contribution in [0.15, 0.2) is 42.5 Å². The number of carbonyl (C=O) groups is 2. The van der Waals surface area contributed by atoms with Gasteiger partial charge in [0.25, 0.3) is 5.91 Å². The molecule has 0 aliphatic carbocycles. The van der Waals surface area contributed by atoms with E-state index in [9.17, 15) is 9.59 Å². The van der Waals surface area contributed by atoms with Gasteiger partial charge in [0.15, 0.2) is 0 Å². The number of amides is 2. The minimum Gasteiger partial charge on any atom is -0.446 e. The Bertz CT molecular complexity index is 467. The monoisotopic (exact) mass is 245 g/mol. The highest BCUT2D eigenvalue weighted by Crippen LogP contribution is 2.27. The lowest BCUT2D eigenvalue weighted by Crippen LogP contribution is -2.32. The number of allylic oxidation sites excluding steroid dienone is 1. The summed E-state index contributed by atoms with van der Waals surface area (Å²) >= 11 is 0. The molecule has 1 fully saturated rings. The Morgan fingerprint density at radius 3 is 2.83 bits per heavy atom. The van der Waals surface area contributed by atoms with Crippen LogP contribution in [0, 0.1) is 0 Å². The van der Waals surface area contributed by atoms with Crippen molar-refractivity contribution in [3.05, 3.63) is 48.0 Å². The molecule has 0 aromatic heterocycles. The Hall–Kier alpha value is -2.10. The largest absolute Gasteiger partial charge is 0.446 e. The van der Waals surface area contributed by atoms with E-state index in [0.717, 1.165) is 12.0 Å². The van der Waals surface area contributed by atoms with Crippen LogP contribution in [0.2, 0.25) is 0 Å². The van der Waals surface area contributed by atoms with Crippen LogP contribution in [-0.4, -0.2) is 23.5 Å². The van der Waals surface area contributed by atoms with Gasteiger partial charge in [-0.3, -0.25) is 4.79 Å². The van der Waals surface area contributed by atoms with Gasteiger partial charge in [-0.05, 0) is 18.1 Å². The molecule has 1 saturated heterocycles. The summed E-state index contributed by atoms with van der Waals surface area (Å²) in [4.78, 5) is 24.7. The predicted octanol–water partition coefficient (Wildman–Crippen LogP) is 2.67. The summed E-state index contributed by atoms with van der Waals surface area (Å²) in [5, 5.41) is 0. The molecule has 2 rings (SSSR count). The van der Waals surface area contributed by atoms with E-state index in [2.05, 4.69) is 0 Å².